The number of aromatic nitrogens is 3. The van der Waals surface area contributed by atoms with Crippen LogP contribution in [-0.2, 0) is 24.2 Å². The molecule has 0 fully saturated rings. The monoisotopic (exact) mass is 485 g/mol. The number of rotatable bonds is 7. The van der Waals surface area contributed by atoms with Crippen LogP contribution < -0.4 is 10.6 Å². The van der Waals surface area contributed by atoms with E-state index >= 15 is 0 Å². The number of carbonyl (C=O) groups is 2. The number of amides is 2. The number of nitrogens with one attached hydrogen (secondary N) is 2. The normalized spacial score (nSPS) is 13.9. The van der Waals surface area contributed by atoms with E-state index in [-0.39, 0.29) is 11.8 Å². The summed E-state index contributed by atoms with van der Waals surface area (Å²) < 4.78 is 2.19. The minimum absolute atomic E-state index is 0.254. The highest BCUT2D eigenvalue weighted by molar-refractivity contribution is 7.12. The maximum absolute atomic E-state index is 13.3. The molecule has 1 aliphatic rings. The van der Waals surface area contributed by atoms with Gasteiger partial charge >= 0.3 is 0 Å². The summed E-state index contributed by atoms with van der Waals surface area (Å²) in [7, 11) is 0. The van der Waals surface area contributed by atoms with Crippen LogP contribution >= 0.6 is 11.3 Å². The molecule has 0 spiro atoms. The van der Waals surface area contributed by atoms with Gasteiger partial charge < -0.3 is 15.2 Å². The lowest BCUT2D eigenvalue weighted by molar-refractivity contribution is -0.118. The van der Waals surface area contributed by atoms with Gasteiger partial charge in [-0.3, -0.25) is 9.59 Å². The summed E-state index contributed by atoms with van der Waals surface area (Å²) >= 11 is 1.35. The number of nitrogens with zero attached hydrogens (tertiary/aromatic N) is 3. The maximum Gasteiger partial charge on any atom is 0.262 e. The van der Waals surface area contributed by atoms with Crippen LogP contribution in [0, 0.1) is 0 Å². The van der Waals surface area contributed by atoms with Crippen LogP contribution in [0.15, 0.2) is 72.1 Å². The Morgan fingerprint density at radius 2 is 1.86 bits per heavy atom. The molecule has 0 bridgehead atoms. The zero-order valence-corrected chi connectivity index (χ0v) is 20.1. The molecule has 1 aliphatic heterocycles. The molecular weight excluding hydrogens is 458 g/mol. The highest BCUT2D eigenvalue weighted by Gasteiger charge is 2.23. The smallest absolute Gasteiger partial charge is 0.262 e. The lowest BCUT2D eigenvalue weighted by Gasteiger charge is -2.19. The topological polar surface area (TPSA) is 88.9 Å². The lowest BCUT2D eigenvalue weighted by atomic mass is 10.0. The summed E-state index contributed by atoms with van der Waals surface area (Å²) in [5, 5.41) is 16.6. The Labute approximate surface area is 208 Å². The van der Waals surface area contributed by atoms with Gasteiger partial charge in [0.25, 0.3) is 5.91 Å². The SMILES string of the molecule is O=C(N[C@@H](Cc1ccccc1)C(=O)Nc1cccc(-c2nnc3n2CCCCC3)c1)c1cccs1. The Morgan fingerprint density at radius 1 is 0.971 bits per heavy atom. The van der Waals surface area contributed by atoms with Crippen LogP contribution in [0.2, 0.25) is 0 Å². The van der Waals surface area contributed by atoms with Gasteiger partial charge in [0.15, 0.2) is 5.82 Å². The Morgan fingerprint density at radius 3 is 2.69 bits per heavy atom. The third-order valence-electron chi connectivity index (χ3n) is 6.15. The molecule has 5 rings (SSSR count). The molecule has 0 saturated heterocycles. The third-order valence-corrected chi connectivity index (χ3v) is 7.02. The molecule has 8 heteroatoms. The fourth-order valence-corrected chi connectivity index (χ4v) is 4.99. The van der Waals surface area contributed by atoms with Gasteiger partial charge in [0.1, 0.15) is 11.9 Å². The first-order valence-electron chi connectivity index (χ1n) is 11.9. The van der Waals surface area contributed by atoms with Crippen molar-refractivity contribution >= 4 is 28.8 Å². The van der Waals surface area contributed by atoms with E-state index < -0.39 is 6.04 Å². The molecule has 0 unspecified atom stereocenters. The number of anilines is 1. The Bertz CT molecular complexity index is 1300. The zero-order chi connectivity index (χ0) is 24.0. The number of carbonyl (C=O) groups excluding carboxylic acids is 2. The molecule has 0 saturated carbocycles. The molecule has 2 aromatic heterocycles. The van der Waals surface area contributed by atoms with E-state index in [0.717, 1.165) is 48.6 Å². The number of benzene rings is 2. The molecule has 2 amide bonds. The van der Waals surface area contributed by atoms with E-state index in [2.05, 4.69) is 25.4 Å². The van der Waals surface area contributed by atoms with Crippen molar-refractivity contribution in [3.63, 3.8) is 0 Å². The quantitative estimate of drug-likeness (QED) is 0.397. The van der Waals surface area contributed by atoms with Crippen molar-refractivity contribution in [2.24, 2.45) is 0 Å². The van der Waals surface area contributed by atoms with Gasteiger partial charge in [-0.2, -0.15) is 0 Å². The van der Waals surface area contributed by atoms with Gasteiger partial charge in [0.05, 0.1) is 4.88 Å². The number of hydrogen-bond donors (Lipinski definition) is 2. The van der Waals surface area contributed by atoms with Crippen LogP contribution in [-0.4, -0.2) is 32.6 Å². The first-order valence-corrected chi connectivity index (χ1v) is 12.8. The summed E-state index contributed by atoms with van der Waals surface area (Å²) in [6.45, 7) is 0.905. The van der Waals surface area contributed by atoms with Crippen molar-refractivity contribution in [3.8, 4) is 11.4 Å². The van der Waals surface area contributed by atoms with Crippen LogP contribution in [0.4, 0.5) is 5.69 Å². The van der Waals surface area contributed by atoms with Crippen molar-refractivity contribution in [2.75, 3.05) is 5.32 Å². The number of thiophene rings is 1. The molecule has 2 aromatic carbocycles. The number of fused-ring (bicyclic) bond motifs is 1. The summed E-state index contributed by atoms with van der Waals surface area (Å²) in [6.07, 6.45) is 4.77. The van der Waals surface area contributed by atoms with Crippen molar-refractivity contribution < 1.29 is 9.59 Å². The second kappa shape index (κ2) is 10.7. The largest absolute Gasteiger partial charge is 0.339 e. The van der Waals surface area contributed by atoms with E-state index in [1.807, 2.05) is 66.0 Å². The fraction of sp³-hybridized carbons (Fsp3) is 0.259. The zero-order valence-electron chi connectivity index (χ0n) is 19.3. The fourth-order valence-electron chi connectivity index (χ4n) is 4.36. The van der Waals surface area contributed by atoms with Gasteiger partial charge in [-0.05, 0) is 42.0 Å². The molecule has 3 heterocycles. The van der Waals surface area contributed by atoms with Gasteiger partial charge in [-0.15, -0.1) is 21.5 Å². The predicted octanol–water partition coefficient (Wildman–Crippen LogP) is 4.71. The molecule has 1 atom stereocenters. The molecule has 7 nitrogen and oxygen atoms in total. The van der Waals surface area contributed by atoms with Crippen LogP contribution in [0.1, 0.15) is 40.3 Å². The minimum atomic E-state index is -0.722. The maximum atomic E-state index is 13.3. The predicted molar refractivity (Wildman–Crippen MR) is 137 cm³/mol. The van der Waals surface area contributed by atoms with E-state index in [9.17, 15) is 9.59 Å². The molecule has 0 aliphatic carbocycles. The third kappa shape index (κ3) is 5.49. The van der Waals surface area contributed by atoms with E-state index in [1.54, 1.807) is 6.07 Å². The van der Waals surface area contributed by atoms with Crippen LogP contribution in [0.3, 0.4) is 0 Å². The van der Waals surface area contributed by atoms with Gasteiger partial charge in [0, 0.05) is 30.6 Å². The molecule has 35 heavy (non-hydrogen) atoms. The number of hydrogen-bond acceptors (Lipinski definition) is 5. The summed E-state index contributed by atoms with van der Waals surface area (Å²) in [5.74, 6) is 1.32. The first-order chi connectivity index (χ1) is 17.2. The average Bonchev–Trinajstić information content (AvgIpc) is 3.50. The van der Waals surface area contributed by atoms with Gasteiger partial charge in [-0.25, -0.2) is 0 Å². The number of aryl methyl sites for hydroxylation is 1. The second-order valence-electron chi connectivity index (χ2n) is 8.67. The Balaban J connectivity index is 1.36. The van der Waals surface area contributed by atoms with E-state index in [4.69, 9.17) is 0 Å². The summed E-state index contributed by atoms with van der Waals surface area (Å²) in [5.41, 5.74) is 2.53. The van der Waals surface area contributed by atoms with Crippen molar-refractivity contribution in [2.45, 2.75) is 44.7 Å². The Kier molecular flexibility index (Phi) is 6.99. The molecule has 2 N–H and O–H groups in total. The molecular formula is C27H27N5O2S. The van der Waals surface area contributed by atoms with Gasteiger partial charge in [0.2, 0.25) is 5.91 Å². The van der Waals surface area contributed by atoms with Crippen LogP contribution in [0.5, 0.6) is 0 Å². The van der Waals surface area contributed by atoms with E-state index in [0.29, 0.717) is 17.0 Å². The molecule has 4 aromatic rings. The minimum Gasteiger partial charge on any atom is -0.339 e. The van der Waals surface area contributed by atoms with Crippen LogP contribution in [0.25, 0.3) is 11.4 Å². The standard InChI is InChI=1S/C27H27N5O2S/c33-26(22(17-19-9-3-1-4-10-19)29-27(34)23-13-8-16-35-23)28-21-12-7-11-20(18-21)25-31-30-24-14-5-2-6-15-32(24)25/h1,3-4,7-13,16,18,22H,2,5-6,14-15,17H2,(H,28,33)(H,29,34)/t22-/m0/s1. The average molecular weight is 486 g/mol. The second-order valence-corrected chi connectivity index (χ2v) is 9.61. The summed E-state index contributed by atoms with van der Waals surface area (Å²) in [4.78, 5) is 26.7. The van der Waals surface area contributed by atoms with Crippen molar-refractivity contribution in [1.29, 1.82) is 0 Å². The van der Waals surface area contributed by atoms with Crippen molar-refractivity contribution in [1.82, 2.24) is 20.1 Å². The molecule has 0 radical (unpaired) electrons. The van der Waals surface area contributed by atoms with Crippen molar-refractivity contribution in [3.05, 3.63) is 88.4 Å². The van der Waals surface area contributed by atoms with Gasteiger partial charge in [-0.1, -0.05) is 55.0 Å². The molecule has 178 valence electrons. The first kappa shape index (κ1) is 23.0. The Hall–Kier alpha value is -3.78. The highest BCUT2D eigenvalue weighted by Crippen LogP contribution is 2.25. The lowest BCUT2D eigenvalue weighted by Crippen LogP contribution is -2.45. The summed E-state index contributed by atoms with van der Waals surface area (Å²) in [6, 6.07) is 20.2. The highest BCUT2D eigenvalue weighted by atomic mass is 32.1. The van der Waals surface area contributed by atoms with E-state index in [1.165, 1.54) is 17.8 Å².